The minimum Gasteiger partial charge on any atom is -0.507 e. The van der Waals surface area contributed by atoms with Crippen molar-refractivity contribution >= 4 is 5.97 Å². The molecule has 0 aliphatic carbocycles. The molecule has 0 aliphatic rings. The number of carbonyl (C=O) groups excluding carboxylic acids is 1. The predicted octanol–water partition coefficient (Wildman–Crippen LogP) is 3.61. The first-order valence-corrected chi connectivity index (χ1v) is 5.17. The monoisotopic (exact) mass is 302 g/mol. The molecule has 3 nitrogen and oxygen atoms in total. The highest BCUT2D eigenvalue weighted by Crippen LogP contribution is 2.45. The maximum Gasteiger partial charge on any atom is 0.420 e. The summed E-state index contributed by atoms with van der Waals surface area (Å²) in [6.45, 7) is 1.19. The summed E-state index contributed by atoms with van der Waals surface area (Å²) in [7, 11) is 0. The first-order valence-electron chi connectivity index (χ1n) is 5.17. The normalized spacial score (nSPS) is 12.3. The molecule has 9 heteroatoms. The summed E-state index contributed by atoms with van der Waals surface area (Å²) in [4.78, 5) is 11.3. The maximum atomic E-state index is 12.6. The van der Waals surface area contributed by atoms with Gasteiger partial charge >= 0.3 is 18.3 Å². The molecule has 0 saturated carbocycles. The van der Waals surface area contributed by atoms with Crippen molar-refractivity contribution in [2.75, 3.05) is 6.61 Å². The molecule has 0 bridgehead atoms. The van der Waals surface area contributed by atoms with E-state index in [1.54, 1.807) is 0 Å². The summed E-state index contributed by atoms with van der Waals surface area (Å²) in [5.41, 5.74) is -5.20. The van der Waals surface area contributed by atoms with Gasteiger partial charge in [0.1, 0.15) is 11.3 Å². The lowest BCUT2D eigenvalue weighted by atomic mass is 10.0. The molecule has 0 radical (unpaired) electrons. The lowest BCUT2D eigenvalue weighted by molar-refractivity contribution is -0.163. The van der Waals surface area contributed by atoms with Crippen molar-refractivity contribution in [3.05, 3.63) is 28.8 Å². The molecule has 0 heterocycles. The fourth-order valence-corrected chi connectivity index (χ4v) is 1.48. The van der Waals surface area contributed by atoms with Gasteiger partial charge in [0, 0.05) is 0 Å². The Hall–Kier alpha value is -1.93. The van der Waals surface area contributed by atoms with Gasteiger partial charge in [-0.2, -0.15) is 26.3 Å². The van der Waals surface area contributed by atoms with Crippen molar-refractivity contribution in [2.24, 2.45) is 0 Å². The van der Waals surface area contributed by atoms with Crippen LogP contribution < -0.4 is 0 Å². The number of alkyl halides is 6. The van der Waals surface area contributed by atoms with Gasteiger partial charge in [0.2, 0.25) is 0 Å². The third-order valence-corrected chi connectivity index (χ3v) is 2.22. The van der Waals surface area contributed by atoms with Crippen LogP contribution in [0.2, 0.25) is 0 Å². The smallest absolute Gasteiger partial charge is 0.420 e. The molecule has 1 N–H and O–H groups in total. The molecule has 0 aliphatic heterocycles. The number of hydrogen-bond donors (Lipinski definition) is 1. The number of hydrogen-bond acceptors (Lipinski definition) is 3. The second-order valence-electron chi connectivity index (χ2n) is 3.63. The molecule has 0 fully saturated rings. The molecule has 0 spiro atoms. The summed E-state index contributed by atoms with van der Waals surface area (Å²) in [6.07, 6.45) is -10.8. The molecular weight excluding hydrogens is 294 g/mol. The van der Waals surface area contributed by atoms with E-state index in [4.69, 9.17) is 5.11 Å². The Morgan fingerprint density at radius 1 is 1.15 bits per heavy atom. The molecule has 1 aromatic carbocycles. The second-order valence-corrected chi connectivity index (χ2v) is 3.63. The number of benzene rings is 1. The van der Waals surface area contributed by atoms with E-state index in [0.717, 1.165) is 0 Å². The highest BCUT2D eigenvalue weighted by Gasteiger charge is 2.46. The number of rotatable bonds is 2. The minimum absolute atomic E-state index is 0.000532. The topological polar surface area (TPSA) is 46.5 Å². The van der Waals surface area contributed by atoms with Crippen LogP contribution in [0, 0.1) is 0 Å². The molecule has 20 heavy (non-hydrogen) atoms. The first-order chi connectivity index (χ1) is 8.98. The fourth-order valence-electron chi connectivity index (χ4n) is 1.48. The summed E-state index contributed by atoms with van der Waals surface area (Å²) in [6, 6.07) is 0.288. The van der Waals surface area contributed by atoms with Crippen LogP contribution in [0.1, 0.15) is 28.4 Å². The Morgan fingerprint density at radius 2 is 1.70 bits per heavy atom. The van der Waals surface area contributed by atoms with E-state index in [2.05, 4.69) is 4.74 Å². The molecule has 1 aromatic rings. The Bertz CT molecular complexity index is 518. The van der Waals surface area contributed by atoms with Crippen LogP contribution in [-0.4, -0.2) is 17.7 Å². The van der Waals surface area contributed by atoms with E-state index in [9.17, 15) is 31.1 Å². The van der Waals surface area contributed by atoms with Crippen molar-refractivity contribution < 1.29 is 41.0 Å². The molecular formula is C11H8F6O3. The number of aromatic hydroxyl groups is 1. The van der Waals surface area contributed by atoms with E-state index in [1.807, 2.05) is 0 Å². The Balaban J connectivity index is 3.54. The van der Waals surface area contributed by atoms with Gasteiger partial charge in [-0.15, -0.1) is 0 Å². The summed E-state index contributed by atoms with van der Waals surface area (Å²) in [5, 5.41) is 9.16. The number of halogens is 6. The maximum absolute atomic E-state index is 12.6. The van der Waals surface area contributed by atoms with Gasteiger partial charge in [0.05, 0.1) is 17.7 Å². The van der Waals surface area contributed by atoms with Crippen LogP contribution in [0.5, 0.6) is 5.75 Å². The largest absolute Gasteiger partial charge is 0.507 e. The lowest BCUT2D eigenvalue weighted by Gasteiger charge is -2.17. The van der Waals surface area contributed by atoms with Gasteiger partial charge in [-0.1, -0.05) is 0 Å². The molecule has 112 valence electrons. The quantitative estimate of drug-likeness (QED) is 0.670. The highest BCUT2D eigenvalue weighted by atomic mass is 19.4. The minimum atomic E-state index is -5.41. The summed E-state index contributed by atoms with van der Waals surface area (Å²) >= 11 is 0. The third-order valence-electron chi connectivity index (χ3n) is 2.22. The van der Waals surface area contributed by atoms with Crippen molar-refractivity contribution in [3.8, 4) is 5.75 Å². The van der Waals surface area contributed by atoms with E-state index >= 15 is 0 Å². The van der Waals surface area contributed by atoms with Crippen LogP contribution >= 0.6 is 0 Å². The number of phenols is 1. The van der Waals surface area contributed by atoms with Gasteiger partial charge < -0.3 is 9.84 Å². The lowest BCUT2D eigenvalue weighted by Crippen LogP contribution is -2.18. The zero-order valence-corrected chi connectivity index (χ0v) is 9.89. The predicted molar refractivity (Wildman–Crippen MR) is 54.1 cm³/mol. The average molecular weight is 302 g/mol. The van der Waals surface area contributed by atoms with Gasteiger partial charge in [-0.25, -0.2) is 4.79 Å². The second kappa shape index (κ2) is 5.22. The average Bonchev–Trinajstić information content (AvgIpc) is 2.25. The number of carbonyl (C=O) groups is 1. The number of phenolic OH excluding ortho intramolecular Hbond substituents is 1. The molecule has 0 unspecified atom stereocenters. The van der Waals surface area contributed by atoms with Crippen LogP contribution in [0.4, 0.5) is 26.3 Å². The van der Waals surface area contributed by atoms with E-state index < -0.39 is 40.8 Å². The van der Waals surface area contributed by atoms with Crippen molar-refractivity contribution in [3.63, 3.8) is 0 Å². The highest BCUT2D eigenvalue weighted by molar-refractivity contribution is 5.90. The molecule has 0 saturated heterocycles. The standard InChI is InChI=1S/C11H8F6O3/c1-2-20-9(19)5-3-6(10(12,13)14)8(7(18)4-5)11(15,16)17/h3-4,18H,2H2,1H3. The van der Waals surface area contributed by atoms with E-state index in [1.165, 1.54) is 6.92 Å². The number of esters is 1. The van der Waals surface area contributed by atoms with E-state index in [0.29, 0.717) is 0 Å². The Kier molecular flexibility index (Phi) is 4.21. The van der Waals surface area contributed by atoms with Gasteiger partial charge in [0.15, 0.2) is 0 Å². The van der Waals surface area contributed by atoms with Crippen LogP contribution in [0.15, 0.2) is 12.1 Å². The van der Waals surface area contributed by atoms with Crippen molar-refractivity contribution in [1.29, 1.82) is 0 Å². The third kappa shape index (κ3) is 3.34. The first kappa shape index (κ1) is 16.1. The van der Waals surface area contributed by atoms with Crippen LogP contribution in [0.25, 0.3) is 0 Å². The zero-order valence-electron chi connectivity index (χ0n) is 9.89. The number of ether oxygens (including phenoxy) is 1. The Labute approximate surface area is 108 Å². The summed E-state index contributed by atoms with van der Waals surface area (Å²) in [5.74, 6) is -2.95. The van der Waals surface area contributed by atoms with Crippen molar-refractivity contribution in [2.45, 2.75) is 19.3 Å². The van der Waals surface area contributed by atoms with Gasteiger partial charge in [-0.3, -0.25) is 0 Å². The van der Waals surface area contributed by atoms with Gasteiger partial charge in [-0.05, 0) is 19.1 Å². The molecule has 1 rings (SSSR count). The Morgan fingerprint density at radius 3 is 2.10 bits per heavy atom. The van der Waals surface area contributed by atoms with Gasteiger partial charge in [0.25, 0.3) is 0 Å². The fraction of sp³-hybridized carbons (Fsp3) is 0.364. The summed E-state index contributed by atoms with van der Waals surface area (Å²) < 4.78 is 79.9. The van der Waals surface area contributed by atoms with Crippen LogP contribution in [0.3, 0.4) is 0 Å². The molecule has 0 amide bonds. The van der Waals surface area contributed by atoms with Crippen LogP contribution in [-0.2, 0) is 17.1 Å². The van der Waals surface area contributed by atoms with E-state index in [-0.39, 0.29) is 18.7 Å². The molecule has 0 atom stereocenters. The SMILES string of the molecule is CCOC(=O)c1cc(O)c(C(F)(F)F)c(C(F)(F)F)c1. The van der Waals surface area contributed by atoms with Crippen molar-refractivity contribution in [1.82, 2.24) is 0 Å². The zero-order chi connectivity index (χ0) is 15.7. The molecule has 0 aromatic heterocycles.